The van der Waals surface area contributed by atoms with Gasteiger partial charge in [0.25, 0.3) is 15.7 Å². The first kappa shape index (κ1) is 17.7. The summed E-state index contributed by atoms with van der Waals surface area (Å²) in [5.41, 5.74) is -0.474. The Hall–Kier alpha value is -2.65. The van der Waals surface area contributed by atoms with Crippen LogP contribution < -0.4 is 4.72 Å². The van der Waals surface area contributed by atoms with Crippen molar-refractivity contribution < 1.29 is 22.9 Å². The van der Waals surface area contributed by atoms with Crippen LogP contribution in [0, 0.1) is 10.1 Å². The largest absolute Gasteiger partial charge is 0.465 e. The Labute approximate surface area is 142 Å². The van der Waals surface area contributed by atoms with E-state index in [-0.39, 0.29) is 16.3 Å². The van der Waals surface area contributed by atoms with Crippen molar-refractivity contribution in [3.05, 3.63) is 63.2 Å². The second-order valence-corrected chi connectivity index (χ2v) is 6.57. The first-order valence-corrected chi connectivity index (χ1v) is 8.26. The zero-order valence-electron chi connectivity index (χ0n) is 12.2. The van der Waals surface area contributed by atoms with Gasteiger partial charge >= 0.3 is 5.97 Å². The molecule has 0 aliphatic heterocycles. The maximum atomic E-state index is 12.5. The molecule has 0 aromatic heterocycles. The van der Waals surface area contributed by atoms with Gasteiger partial charge in [-0.2, -0.15) is 0 Å². The molecule has 126 valence electrons. The van der Waals surface area contributed by atoms with Crippen LogP contribution >= 0.6 is 11.6 Å². The Bertz CT molecular complexity index is 913. The summed E-state index contributed by atoms with van der Waals surface area (Å²) in [7, 11) is -3.10. The van der Waals surface area contributed by atoms with Crippen molar-refractivity contribution in [3.63, 3.8) is 0 Å². The quantitative estimate of drug-likeness (QED) is 0.491. The van der Waals surface area contributed by atoms with Crippen molar-refractivity contribution in [1.82, 2.24) is 0 Å². The average molecular weight is 371 g/mol. The molecule has 0 bridgehead atoms. The number of esters is 1. The predicted molar refractivity (Wildman–Crippen MR) is 86.7 cm³/mol. The first-order chi connectivity index (χ1) is 11.3. The Morgan fingerprint density at radius 3 is 2.54 bits per heavy atom. The van der Waals surface area contributed by atoms with Gasteiger partial charge in [-0.1, -0.05) is 23.7 Å². The standard InChI is InChI=1S/C14H11ClN2O6S/c1-23-14(18)10-4-2-3-5-12(10)16-24(21,22)13-8-9(17(19)20)6-7-11(13)15/h2-8,16H,1H3. The summed E-state index contributed by atoms with van der Waals surface area (Å²) in [6, 6.07) is 8.81. The summed E-state index contributed by atoms with van der Waals surface area (Å²) >= 11 is 5.85. The predicted octanol–water partition coefficient (Wildman–Crippen LogP) is 2.84. The summed E-state index contributed by atoms with van der Waals surface area (Å²) < 4.78 is 31.8. The van der Waals surface area contributed by atoms with Crippen molar-refractivity contribution in [2.75, 3.05) is 11.8 Å². The highest BCUT2D eigenvalue weighted by atomic mass is 35.5. The van der Waals surface area contributed by atoms with Crippen molar-refractivity contribution in [2.24, 2.45) is 0 Å². The maximum Gasteiger partial charge on any atom is 0.339 e. The zero-order chi connectivity index (χ0) is 17.9. The molecule has 1 N–H and O–H groups in total. The number of anilines is 1. The number of hydrogen-bond acceptors (Lipinski definition) is 6. The summed E-state index contributed by atoms with van der Waals surface area (Å²) in [6.45, 7) is 0. The highest BCUT2D eigenvalue weighted by Crippen LogP contribution is 2.28. The van der Waals surface area contributed by atoms with Crippen molar-refractivity contribution in [1.29, 1.82) is 0 Å². The Balaban J connectivity index is 2.49. The van der Waals surface area contributed by atoms with E-state index in [1.54, 1.807) is 0 Å². The van der Waals surface area contributed by atoms with Crippen LogP contribution in [0.25, 0.3) is 0 Å². The number of methoxy groups -OCH3 is 1. The first-order valence-electron chi connectivity index (χ1n) is 6.40. The second kappa shape index (κ2) is 6.85. The molecule has 0 saturated carbocycles. The molecule has 0 aliphatic carbocycles. The number of nitro benzene ring substituents is 1. The van der Waals surface area contributed by atoms with Gasteiger partial charge in [-0.3, -0.25) is 14.8 Å². The molecule has 0 spiro atoms. The lowest BCUT2D eigenvalue weighted by molar-refractivity contribution is -0.385. The number of para-hydroxylation sites is 1. The van der Waals surface area contributed by atoms with Crippen LogP contribution in [-0.4, -0.2) is 26.4 Å². The third-order valence-corrected chi connectivity index (χ3v) is 4.84. The normalized spacial score (nSPS) is 10.9. The molecule has 2 aromatic rings. The van der Waals surface area contributed by atoms with Crippen LogP contribution in [0.2, 0.25) is 5.02 Å². The molecule has 0 heterocycles. The van der Waals surface area contributed by atoms with E-state index < -0.39 is 31.5 Å². The number of nitrogens with one attached hydrogen (secondary N) is 1. The topological polar surface area (TPSA) is 116 Å². The molecule has 2 aromatic carbocycles. The van der Waals surface area contributed by atoms with E-state index in [2.05, 4.69) is 9.46 Å². The summed E-state index contributed by atoms with van der Waals surface area (Å²) in [6.07, 6.45) is 0. The highest BCUT2D eigenvalue weighted by Gasteiger charge is 2.23. The number of benzene rings is 2. The third kappa shape index (κ3) is 3.63. The lowest BCUT2D eigenvalue weighted by Crippen LogP contribution is -2.16. The smallest absolute Gasteiger partial charge is 0.339 e. The van der Waals surface area contributed by atoms with Gasteiger partial charge in [0, 0.05) is 12.1 Å². The molecule has 0 radical (unpaired) electrons. The number of carbonyl (C=O) groups is 1. The van der Waals surface area contributed by atoms with E-state index in [4.69, 9.17) is 11.6 Å². The fraction of sp³-hybridized carbons (Fsp3) is 0.0714. The molecule has 10 heteroatoms. The number of rotatable bonds is 5. The van der Waals surface area contributed by atoms with Gasteiger partial charge in [0.2, 0.25) is 0 Å². The Kier molecular flexibility index (Phi) is 5.05. The Morgan fingerprint density at radius 1 is 1.25 bits per heavy atom. The molecule has 8 nitrogen and oxygen atoms in total. The molecule has 0 fully saturated rings. The fourth-order valence-corrected chi connectivity index (χ4v) is 3.47. The van der Waals surface area contributed by atoms with E-state index in [9.17, 15) is 23.3 Å². The molecule has 0 unspecified atom stereocenters. The van der Waals surface area contributed by atoms with Crippen LogP contribution in [0.5, 0.6) is 0 Å². The molecule has 0 amide bonds. The number of non-ortho nitro benzene ring substituents is 1. The van der Waals surface area contributed by atoms with Gasteiger partial charge in [0.15, 0.2) is 0 Å². The minimum Gasteiger partial charge on any atom is -0.465 e. The van der Waals surface area contributed by atoms with E-state index in [1.165, 1.54) is 24.3 Å². The molecule has 0 aliphatic rings. The van der Waals surface area contributed by atoms with Gasteiger partial charge < -0.3 is 4.74 Å². The Morgan fingerprint density at radius 2 is 1.92 bits per heavy atom. The van der Waals surface area contributed by atoms with Crippen molar-refractivity contribution in [3.8, 4) is 0 Å². The number of nitro groups is 1. The van der Waals surface area contributed by atoms with E-state index in [0.717, 1.165) is 25.3 Å². The number of hydrogen-bond donors (Lipinski definition) is 1. The van der Waals surface area contributed by atoms with Gasteiger partial charge in [-0.05, 0) is 18.2 Å². The summed E-state index contributed by atoms with van der Waals surface area (Å²) in [5, 5.41) is 10.6. The maximum absolute atomic E-state index is 12.5. The van der Waals surface area contributed by atoms with Gasteiger partial charge in [-0.25, -0.2) is 13.2 Å². The monoisotopic (exact) mass is 370 g/mol. The molecule has 0 atom stereocenters. The zero-order valence-corrected chi connectivity index (χ0v) is 13.8. The average Bonchev–Trinajstić information content (AvgIpc) is 2.54. The van der Waals surface area contributed by atoms with Gasteiger partial charge in [0.05, 0.1) is 28.3 Å². The van der Waals surface area contributed by atoms with Crippen LogP contribution in [0.1, 0.15) is 10.4 Å². The second-order valence-electron chi connectivity index (χ2n) is 4.51. The number of ether oxygens (including phenoxy) is 1. The lowest BCUT2D eigenvalue weighted by atomic mass is 10.2. The molecule has 0 saturated heterocycles. The van der Waals surface area contributed by atoms with Crippen LogP contribution in [0.3, 0.4) is 0 Å². The molecule has 2 rings (SSSR count). The number of nitrogens with zero attached hydrogens (tertiary/aromatic N) is 1. The number of carbonyl (C=O) groups excluding carboxylic acids is 1. The summed E-state index contributed by atoms with van der Waals surface area (Å²) in [5.74, 6) is -0.738. The molecule has 24 heavy (non-hydrogen) atoms. The lowest BCUT2D eigenvalue weighted by Gasteiger charge is -2.12. The van der Waals surface area contributed by atoms with E-state index in [0.29, 0.717) is 0 Å². The fourth-order valence-electron chi connectivity index (χ4n) is 1.87. The minimum absolute atomic E-state index is 0.00914. The van der Waals surface area contributed by atoms with Crippen molar-refractivity contribution >= 4 is 39.0 Å². The van der Waals surface area contributed by atoms with E-state index >= 15 is 0 Å². The van der Waals surface area contributed by atoms with Crippen LogP contribution in [0.4, 0.5) is 11.4 Å². The van der Waals surface area contributed by atoms with Gasteiger partial charge in [-0.15, -0.1) is 0 Å². The minimum atomic E-state index is -4.26. The van der Waals surface area contributed by atoms with Crippen LogP contribution in [0.15, 0.2) is 47.4 Å². The number of sulfonamides is 1. The van der Waals surface area contributed by atoms with Crippen LogP contribution in [-0.2, 0) is 14.8 Å². The number of halogens is 1. The SMILES string of the molecule is COC(=O)c1ccccc1NS(=O)(=O)c1cc([N+](=O)[O-])ccc1Cl. The summed E-state index contributed by atoms with van der Waals surface area (Å²) in [4.78, 5) is 21.3. The molecular formula is C14H11ClN2O6S. The van der Waals surface area contributed by atoms with Crippen molar-refractivity contribution in [2.45, 2.75) is 4.90 Å². The van der Waals surface area contributed by atoms with E-state index in [1.807, 2.05) is 0 Å². The van der Waals surface area contributed by atoms with Gasteiger partial charge in [0.1, 0.15) is 4.90 Å². The third-order valence-electron chi connectivity index (χ3n) is 2.99. The molecular weight excluding hydrogens is 360 g/mol. The highest BCUT2D eigenvalue weighted by molar-refractivity contribution is 7.92.